The van der Waals surface area contributed by atoms with Crippen molar-refractivity contribution in [3.63, 3.8) is 0 Å². The molecule has 26 heavy (non-hydrogen) atoms. The Morgan fingerprint density at radius 2 is 2.08 bits per heavy atom. The molecule has 6 heteroatoms. The highest BCUT2D eigenvalue weighted by molar-refractivity contribution is 6.30. The highest BCUT2D eigenvalue weighted by Gasteiger charge is 2.26. The molecule has 0 radical (unpaired) electrons. The van der Waals surface area contributed by atoms with Crippen LogP contribution in [-0.4, -0.2) is 15.5 Å². The maximum atomic E-state index is 12.5. The number of aromatic nitrogens is 2. The number of ether oxygens (including phenoxy) is 1. The Bertz CT molecular complexity index is 924. The number of benzene rings is 2. The fourth-order valence-corrected chi connectivity index (χ4v) is 3.31. The van der Waals surface area contributed by atoms with Crippen LogP contribution in [0.5, 0.6) is 0 Å². The summed E-state index contributed by atoms with van der Waals surface area (Å²) >= 11 is 5.97. The number of imidazole rings is 1. The predicted octanol–water partition coefficient (Wildman–Crippen LogP) is 3.74. The number of rotatable bonds is 4. The Labute approximate surface area is 156 Å². The zero-order valence-corrected chi connectivity index (χ0v) is 14.8. The molecule has 0 saturated heterocycles. The zero-order valence-electron chi connectivity index (χ0n) is 14.1. The minimum atomic E-state index is -0.208. The molecule has 0 saturated carbocycles. The smallest absolute Gasteiger partial charge is 0.272 e. The van der Waals surface area contributed by atoms with Gasteiger partial charge in [-0.2, -0.15) is 0 Å². The van der Waals surface area contributed by atoms with Crippen molar-refractivity contribution in [1.29, 1.82) is 0 Å². The van der Waals surface area contributed by atoms with Crippen molar-refractivity contribution in [2.45, 2.75) is 25.8 Å². The van der Waals surface area contributed by atoms with Crippen LogP contribution in [0.1, 0.15) is 33.4 Å². The SMILES string of the molecule is O=C(NCc1cccc(Cl)c1)c1ncn2c1COC(c1ccccc1)C2. The molecule has 1 N–H and O–H groups in total. The number of halogens is 1. The molecule has 1 aliphatic heterocycles. The molecule has 4 rings (SSSR count). The molecule has 5 nitrogen and oxygen atoms in total. The first-order chi connectivity index (χ1) is 12.7. The number of hydrogen-bond donors (Lipinski definition) is 1. The number of nitrogens with one attached hydrogen (secondary N) is 1. The van der Waals surface area contributed by atoms with E-state index in [1.807, 2.05) is 53.1 Å². The van der Waals surface area contributed by atoms with Gasteiger partial charge in [-0.15, -0.1) is 0 Å². The summed E-state index contributed by atoms with van der Waals surface area (Å²) in [7, 11) is 0. The van der Waals surface area contributed by atoms with Gasteiger partial charge in [0.1, 0.15) is 6.10 Å². The number of carbonyl (C=O) groups is 1. The monoisotopic (exact) mass is 367 g/mol. The van der Waals surface area contributed by atoms with Gasteiger partial charge in [-0.1, -0.05) is 54.1 Å². The molecule has 0 fully saturated rings. The van der Waals surface area contributed by atoms with Crippen LogP contribution in [-0.2, 0) is 24.4 Å². The average molecular weight is 368 g/mol. The largest absolute Gasteiger partial charge is 0.365 e. The van der Waals surface area contributed by atoms with Crippen molar-refractivity contribution in [2.75, 3.05) is 0 Å². The van der Waals surface area contributed by atoms with E-state index in [0.717, 1.165) is 16.8 Å². The summed E-state index contributed by atoms with van der Waals surface area (Å²) < 4.78 is 7.96. The van der Waals surface area contributed by atoms with Crippen LogP contribution in [0.4, 0.5) is 0 Å². The van der Waals surface area contributed by atoms with Gasteiger partial charge in [-0.05, 0) is 23.3 Å². The summed E-state index contributed by atoms with van der Waals surface area (Å²) in [4.78, 5) is 16.8. The first-order valence-corrected chi connectivity index (χ1v) is 8.81. The van der Waals surface area contributed by atoms with E-state index in [0.29, 0.717) is 30.4 Å². The number of amides is 1. The van der Waals surface area contributed by atoms with Gasteiger partial charge < -0.3 is 14.6 Å². The predicted molar refractivity (Wildman–Crippen MR) is 98.8 cm³/mol. The summed E-state index contributed by atoms with van der Waals surface area (Å²) in [5.41, 5.74) is 3.29. The topological polar surface area (TPSA) is 56.2 Å². The van der Waals surface area contributed by atoms with Crippen molar-refractivity contribution in [3.8, 4) is 0 Å². The van der Waals surface area contributed by atoms with Crippen LogP contribution in [0.2, 0.25) is 5.02 Å². The molecule has 1 unspecified atom stereocenters. The molecule has 0 bridgehead atoms. The summed E-state index contributed by atoms with van der Waals surface area (Å²) in [6, 6.07) is 17.5. The lowest BCUT2D eigenvalue weighted by Crippen LogP contribution is -2.27. The van der Waals surface area contributed by atoms with E-state index >= 15 is 0 Å². The lowest BCUT2D eigenvalue weighted by molar-refractivity contribution is 0.00257. The molecule has 3 aromatic rings. The van der Waals surface area contributed by atoms with Crippen molar-refractivity contribution in [2.24, 2.45) is 0 Å². The van der Waals surface area contributed by atoms with Crippen LogP contribution in [0.15, 0.2) is 60.9 Å². The summed E-state index contributed by atoms with van der Waals surface area (Å²) in [6.07, 6.45) is 1.68. The molecule has 0 spiro atoms. The number of fused-ring (bicyclic) bond motifs is 1. The van der Waals surface area contributed by atoms with E-state index in [4.69, 9.17) is 16.3 Å². The maximum absolute atomic E-state index is 12.5. The number of carbonyl (C=O) groups excluding carboxylic acids is 1. The molecule has 1 aromatic heterocycles. The molecule has 2 aromatic carbocycles. The van der Waals surface area contributed by atoms with Crippen molar-refractivity contribution >= 4 is 17.5 Å². The lowest BCUT2D eigenvalue weighted by atomic mass is 10.1. The third kappa shape index (κ3) is 3.49. The van der Waals surface area contributed by atoms with Gasteiger partial charge in [0.25, 0.3) is 5.91 Å². The summed E-state index contributed by atoms with van der Waals surface area (Å²) in [6.45, 7) is 1.41. The van der Waals surface area contributed by atoms with Gasteiger partial charge in [0, 0.05) is 11.6 Å². The standard InChI is InChI=1S/C20H18ClN3O2/c21-16-8-4-5-14(9-16)10-22-20(25)19-17-12-26-18(11-24(17)13-23-19)15-6-2-1-3-7-15/h1-9,13,18H,10-12H2,(H,22,25). The van der Waals surface area contributed by atoms with E-state index in [1.165, 1.54) is 0 Å². The zero-order chi connectivity index (χ0) is 17.9. The van der Waals surface area contributed by atoms with E-state index in [2.05, 4.69) is 10.3 Å². The lowest BCUT2D eigenvalue weighted by Gasteiger charge is -2.25. The Kier molecular flexibility index (Phi) is 4.73. The van der Waals surface area contributed by atoms with E-state index in [9.17, 15) is 4.79 Å². The van der Waals surface area contributed by atoms with Gasteiger partial charge in [-0.3, -0.25) is 4.79 Å². The Morgan fingerprint density at radius 3 is 2.88 bits per heavy atom. The van der Waals surface area contributed by atoms with Crippen molar-refractivity contribution < 1.29 is 9.53 Å². The second kappa shape index (κ2) is 7.32. The van der Waals surface area contributed by atoms with Crippen LogP contribution in [0.25, 0.3) is 0 Å². The number of hydrogen-bond acceptors (Lipinski definition) is 3. The van der Waals surface area contributed by atoms with Gasteiger partial charge in [0.2, 0.25) is 0 Å². The fraction of sp³-hybridized carbons (Fsp3) is 0.200. The first kappa shape index (κ1) is 16.8. The van der Waals surface area contributed by atoms with E-state index in [-0.39, 0.29) is 12.0 Å². The second-order valence-electron chi connectivity index (χ2n) is 6.22. The average Bonchev–Trinajstić information content (AvgIpc) is 3.10. The van der Waals surface area contributed by atoms with Gasteiger partial charge in [0.05, 0.1) is 25.2 Å². The quantitative estimate of drug-likeness (QED) is 0.764. The Balaban J connectivity index is 1.45. The molecule has 1 atom stereocenters. The molecular formula is C20H18ClN3O2. The highest BCUT2D eigenvalue weighted by Crippen LogP contribution is 2.27. The molecular weight excluding hydrogens is 350 g/mol. The normalized spacial score (nSPS) is 16.1. The second-order valence-corrected chi connectivity index (χ2v) is 6.65. The molecule has 132 valence electrons. The fourth-order valence-electron chi connectivity index (χ4n) is 3.10. The minimum absolute atomic E-state index is 0.0275. The molecule has 1 aliphatic rings. The Morgan fingerprint density at radius 1 is 1.23 bits per heavy atom. The van der Waals surface area contributed by atoms with Crippen molar-refractivity contribution in [3.05, 3.63) is 88.5 Å². The summed E-state index contributed by atoms with van der Waals surface area (Å²) in [5, 5.41) is 3.54. The van der Waals surface area contributed by atoms with Crippen LogP contribution < -0.4 is 5.32 Å². The third-order valence-electron chi connectivity index (χ3n) is 4.46. The minimum Gasteiger partial charge on any atom is -0.365 e. The van der Waals surface area contributed by atoms with Gasteiger partial charge >= 0.3 is 0 Å². The van der Waals surface area contributed by atoms with Crippen LogP contribution in [0.3, 0.4) is 0 Å². The first-order valence-electron chi connectivity index (χ1n) is 8.44. The van der Waals surface area contributed by atoms with E-state index in [1.54, 1.807) is 12.4 Å². The summed E-state index contributed by atoms with van der Waals surface area (Å²) in [5.74, 6) is -0.208. The highest BCUT2D eigenvalue weighted by atomic mass is 35.5. The molecule has 2 heterocycles. The maximum Gasteiger partial charge on any atom is 0.272 e. The van der Waals surface area contributed by atoms with Gasteiger partial charge in [0.15, 0.2) is 5.69 Å². The molecule has 0 aliphatic carbocycles. The number of nitrogens with zero attached hydrogens (tertiary/aromatic N) is 2. The third-order valence-corrected chi connectivity index (χ3v) is 4.69. The van der Waals surface area contributed by atoms with E-state index < -0.39 is 0 Å². The van der Waals surface area contributed by atoms with Crippen LogP contribution in [0, 0.1) is 0 Å². The van der Waals surface area contributed by atoms with Gasteiger partial charge in [-0.25, -0.2) is 4.98 Å². The van der Waals surface area contributed by atoms with Crippen LogP contribution >= 0.6 is 11.6 Å². The Hall–Kier alpha value is -2.63. The van der Waals surface area contributed by atoms with Crippen molar-refractivity contribution in [1.82, 2.24) is 14.9 Å². The molecule has 1 amide bonds.